The first kappa shape index (κ1) is 55.8. The van der Waals surface area contributed by atoms with E-state index in [2.05, 4.69) is 42.5 Å². The summed E-state index contributed by atoms with van der Waals surface area (Å²) >= 11 is 0. The Kier molecular flexibility index (Phi) is 22.7. The smallest absolute Gasteiger partial charge is 0.247 e. The second kappa shape index (κ2) is 27.2. The van der Waals surface area contributed by atoms with Crippen molar-refractivity contribution in [2.24, 2.45) is 29.0 Å². The highest BCUT2D eigenvalue weighted by molar-refractivity contribution is 5.99. The molecule has 0 radical (unpaired) electrons. The minimum Gasteiger partial charge on any atom is -0.508 e. The molecule has 1 aliphatic heterocycles. The lowest BCUT2D eigenvalue weighted by molar-refractivity contribution is -0.140. The van der Waals surface area contributed by atoms with E-state index in [1.807, 2.05) is 0 Å². The highest BCUT2D eigenvalue weighted by Crippen LogP contribution is 2.15. The number of nitrogens with one attached hydrogen (secondary N) is 8. The molecule has 1 aromatic carbocycles. The number of nitrogens with two attached hydrogens (primary N) is 3. The second-order valence-electron chi connectivity index (χ2n) is 16.3. The van der Waals surface area contributed by atoms with Gasteiger partial charge in [-0.3, -0.25) is 57.5 Å². The van der Waals surface area contributed by atoms with Crippen LogP contribution >= 0.6 is 0 Å². The highest BCUT2D eigenvalue weighted by Gasteiger charge is 2.36. The van der Waals surface area contributed by atoms with Gasteiger partial charge in [0.1, 0.15) is 42.0 Å². The quantitative estimate of drug-likeness (QED) is 0.0657. The molecule has 0 unspecified atom stereocenters. The van der Waals surface area contributed by atoms with Crippen molar-refractivity contribution in [1.82, 2.24) is 47.4 Å². The van der Waals surface area contributed by atoms with Crippen LogP contribution in [0.25, 0.3) is 0 Å². The zero-order valence-corrected chi connectivity index (χ0v) is 38.2. The van der Waals surface area contributed by atoms with Crippen LogP contribution in [0.5, 0.6) is 5.75 Å². The van der Waals surface area contributed by atoms with E-state index in [0.29, 0.717) is 18.4 Å². The minimum atomic E-state index is -1.84. The number of benzene rings is 1. The Bertz CT molecular complexity index is 2000. The third-order valence-electron chi connectivity index (χ3n) is 10.9. The summed E-state index contributed by atoms with van der Waals surface area (Å²) in [6.45, 7) is 4.84. The standard InChI is InChI=1S/C42H64N12O13/c1-6-21(3)35(40(65)47-19-31(45)58)52-34(61)20-54(5)42(67)28-18-46-32(59)14-15-33(60)48-26(16-23-8-10-24(55)11-9-23)39(64)53-36(22(4)7-2)41(66)49-25(12-13-29(43)56)37(62)50-27(17-30(44)57)38(63)51-28/h8-11,21-22,25-28,35-36,55H,6-7,12-20H2,1-5H3,(H2,43,56)(H2,44,57)(H2,45,58)(H,46,59)(H,47,65)(H,48,60)(H,49,66)(H,50,62)(H,51,63)(H,52,61)(H,53,64)/t21-,22+,25+,26+,27+,28+,35-,36+/m1/s1. The number of phenols is 1. The van der Waals surface area contributed by atoms with Crippen LogP contribution in [0.2, 0.25) is 0 Å². The van der Waals surface area contributed by atoms with Gasteiger partial charge in [-0.25, -0.2) is 0 Å². The van der Waals surface area contributed by atoms with E-state index in [4.69, 9.17) is 17.2 Å². The molecule has 0 saturated carbocycles. The molecule has 2 rings (SSSR count). The van der Waals surface area contributed by atoms with Crippen LogP contribution in [-0.2, 0) is 64.0 Å². The van der Waals surface area contributed by atoms with Crippen molar-refractivity contribution in [3.05, 3.63) is 29.8 Å². The van der Waals surface area contributed by atoms with Gasteiger partial charge in [0.15, 0.2) is 0 Å². The number of primary amides is 3. The topological polar surface area (TPSA) is 403 Å². The minimum absolute atomic E-state index is 0.0691. The first-order valence-electron chi connectivity index (χ1n) is 21.7. The van der Waals surface area contributed by atoms with Crippen molar-refractivity contribution >= 4 is 70.9 Å². The predicted molar refractivity (Wildman–Crippen MR) is 237 cm³/mol. The number of phenolic OH excluding ortho intramolecular Hbond substituents is 1. The molecule has 1 heterocycles. The molecule has 0 spiro atoms. The maximum atomic E-state index is 14.0. The van der Waals surface area contributed by atoms with Gasteiger partial charge in [-0.1, -0.05) is 52.7 Å². The molecule has 1 fully saturated rings. The lowest BCUT2D eigenvalue weighted by atomic mass is 9.96. The summed E-state index contributed by atoms with van der Waals surface area (Å²) < 4.78 is 0. The van der Waals surface area contributed by atoms with Crippen LogP contribution < -0.4 is 59.7 Å². The van der Waals surface area contributed by atoms with E-state index in [0.717, 1.165) is 11.9 Å². The van der Waals surface area contributed by atoms with E-state index in [9.17, 15) is 62.6 Å². The summed E-state index contributed by atoms with van der Waals surface area (Å²) in [6, 6.07) is -3.32. The molecule has 370 valence electrons. The average molecular weight is 945 g/mol. The van der Waals surface area contributed by atoms with Gasteiger partial charge in [-0.2, -0.15) is 0 Å². The zero-order valence-electron chi connectivity index (χ0n) is 38.2. The number of nitrogens with zero attached hydrogens (tertiary/aromatic N) is 1. The van der Waals surface area contributed by atoms with Crippen LogP contribution in [0, 0.1) is 11.8 Å². The van der Waals surface area contributed by atoms with Gasteiger partial charge in [-0.15, -0.1) is 0 Å². The van der Waals surface area contributed by atoms with E-state index in [1.165, 1.54) is 24.3 Å². The van der Waals surface area contributed by atoms with Gasteiger partial charge < -0.3 is 69.7 Å². The van der Waals surface area contributed by atoms with Gasteiger partial charge in [0.2, 0.25) is 70.9 Å². The first-order valence-corrected chi connectivity index (χ1v) is 21.7. The van der Waals surface area contributed by atoms with Gasteiger partial charge in [0.05, 0.1) is 19.5 Å². The molecule has 25 heteroatoms. The van der Waals surface area contributed by atoms with Gasteiger partial charge in [-0.05, 0) is 36.0 Å². The summed E-state index contributed by atoms with van der Waals surface area (Å²) in [7, 11) is 1.16. The van der Waals surface area contributed by atoms with Gasteiger partial charge in [0, 0.05) is 39.3 Å². The fraction of sp³-hybridized carbons (Fsp3) is 0.571. The number of likely N-dealkylation sites (N-methyl/N-ethyl adjacent to an activating group) is 1. The molecular formula is C42H64N12O13. The van der Waals surface area contributed by atoms with Crippen LogP contribution in [-0.4, -0.2) is 144 Å². The van der Waals surface area contributed by atoms with E-state index in [1.54, 1.807) is 27.7 Å². The van der Waals surface area contributed by atoms with Crippen molar-refractivity contribution in [3.63, 3.8) is 0 Å². The molecule has 1 saturated heterocycles. The summed E-state index contributed by atoms with van der Waals surface area (Å²) in [5.74, 6) is -12.2. The maximum absolute atomic E-state index is 14.0. The molecule has 12 amide bonds. The number of amides is 12. The van der Waals surface area contributed by atoms with Crippen LogP contribution in [0.4, 0.5) is 0 Å². The normalized spacial score (nSPS) is 21.5. The first-order chi connectivity index (χ1) is 31.4. The number of hydrogen-bond acceptors (Lipinski definition) is 13. The van der Waals surface area contributed by atoms with Crippen LogP contribution in [0.1, 0.15) is 78.2 Å². The second-order valence-corrected chi connectivity index (χ2v) is 16.3. The highest BCUT2D eigenvalue weighted by atomic mass is 16.3. The van der Waals surface area contributed by atoms with Gasteiger partial charge >= 0.3 is 0 Å². The summed E-state index contributed by atoms with van der Waals surface area (Å²) in [6.07, 6.45) is -2.17. The summed E-state index contributed by atoms with van der Waals surface area (Å²) in [5.41, 5.74) is 16.4. The fourth-order valence-corrected chi connectivity index (χ4v) is 6.57. The van der Waals surface area contributed by atoms with Crippen LogP contribution in [0.15, 0.2) is 24.3 Å². The Morgan fingerprint density at radius 2 is 1.34 bits per heavy atom. The Morgan fingerprint density at radius 3 is 1.93 bits per heavy atom. The number of aromatic hydroxyl groups is 1. The third kappa shape index (κ3) is 19.3. The van der Waals surface area contributed by atoms with E-state index < -0.39 is 171 Å². The van der Waals surface area contributed by atoms with Crippen molar-refractivity contribution in [2.75, 3.05) is 26.7 Å². The van der Waals surface area contributed by atoms with E-state index >= 15 is 0 Å². The molecule has 0 aromatic heterocycles. The molecule has 0 aliphatic carbocycles. The lowest BCUT2D eigenvalue weighted by Crippen LogP contribution is -2.61. The molecule has 0 bridgehead atoms. The van der Waals surface area contributed by atoms with Crippen molar-refractivity contribution < 1.29 is 62.6 Å². The molecule has 1 aromatic rings. The average Bonchev–Trinajstić information content (AvgIpc) is 3.27. The molecule has 8 atom stereocenters. The number of carbonyl (C=O) groups is 12. The van der Waals surface area contributed by atoms with Crippen LogP contribution in [0.3, 0.4) is 0 Å². The summed E-state index contributed by atoms with van der Waals surface area (Å²) in [5, 5.41) is 29.4. The number of rotatable bonds is 18. The monoisotopic (exact) mass is 944 g/mol. The Balaban J connectivity index is 2.60. The van der Waals surface area contributed by atoms with Crippen molar-refractivity contribution in [1.29, 1.82) is 0 Å². The van der Waals surface area contributed by atoms with E-state index in [-0.39, 0.29) is 12.2 Å². The third-order valence-corrected chi connectivity index (χ3v) is 10.9. The SMILES string of the molecule is CC[C@@H](C)[C@@H](NC(=O)CN(C)C(=O)[C@@H]1CNC(=O)CCC(=O)N[C@@H](Cc2ccc(O)cc2)C(=O)N[C@@H]([C@@H](C)CC)C(=O)N[C@@H](CCC(N)=O)C(=O)N[C@@H](CC(N)=O)C(=O)N1)C(=O)NCC(N)=O. The largest absolute Gasteiger partial charge is 0.508 e. The van der Waals surface area contributed by atoms with Crippen molar-refractivity contribution in [2.45, 2.75) is 115 Å². The summed E-state index contributed by atoms with van der Waals surface area (Å²) in [4.78, 5) is 158. The Labute approximate surface area is 386 Å². The van der Waals surface area contributed by atoms with Crippen molar-refractivity contribution in [3.8, 4) is 5.75 Å². The Morgan fingerprint density at radius 1 is 0.746 bits per heavy atom. The lowest BCUT2D eigenvalue weighted by Gasteiger charge is -2.30. The molecule has 25 nitrogen and oxygen atoms in total. The fourth-order valence-electron chi connectivity index (χ4n) is 6.57. The molecule has 15 N–H and O–H groups in total. The zero-order chi connectivity index (χ0) is 50.5. The molecule has 67 heavy (non-hydrogen) atoms. The van der Waals surface area contributed by atoms with Gasteiger partial charge in [0.25, 0.3) is 0 Å². The number of carbonyl (C=O) groups excluding carboxylic acids is 12. The number of hydrogen-bond donors (Lipinski definition) is 12. The Hall–Kier alpha value is -7.34. The maximum Gasteiger partial charge on any atom is 0.247 e. The molecular weight excluding hydrogens is 881 g/mol. The molecule has 1 aliphatic rings. The predicted octanol–water partition coefficient (Wildman–Crippen LogP) is -4.95.